The van der Waals surface area contributed by atoms with E-state index in [9.17, 15) is 0 Å². The van der Waals surface area contributed by atoms with Crippen molar-refractivity contribution in [3.8, 4) is 112 Å². The summed E-state index contributed by atoms with van der Waals surface area (Å²) >= 11 is 3.69. The third kappa shape index (κ3) is 13.3. The summed E-state index contributed by atoms with van der Waals surface area (Å²) in [5.74, 6) is 0. The summed E-state index contributed by atoms with van der Waals surface area (Å²) in [7, 11) is 0. The minimum atomic E-state index is 0.506. The third-order valence-electron chi connectivity index (χ3n) is 27.5. The van der Waals surface area contributed by atoms with E-state index in [0.29, 0.717) is 17.1 Å². The van der Waals surface area contributed by atoms with E-state index in [1.165, 1.54) is 51.5 Å². The molecule has 0 unspecified atom stereocenters. The average Bonchev–Trinajstić information content (AvgIpc) is 1.63. The molecule has 0 radical (unpaired) electrons. The van der Waals surface area contributed by atoms with Gasteiger partial charge in [0.2, 0.25) is 17.1 Å². The number of thiophene rings is 2. The minimum absolute atomic E-state index is 0.506. The fourth-order valence-electron chi connectivity index (χ4n) is 20.8. The molecule has 0 bridgehead atoms. The van der Waals surface area contributed by atoms with Crippen LogP contribution in [0.5, 0.6) is 0 Å². The molecule has 31 rings (SSSR count). The van der Waals surface area contributed by atoms with Crippen LogP contribution in [0.15, 0.2) is 456 Å². The van der Waals surface area contributed by atoms with Crippen molar-refractivity contribution in [2.24, 2.45) is 0 Å². The number of hydrogen-bond acceptors (Lipinski definition) is 15. The number of nitrogens with zero attached hydrogens (tertiary/aromatic N) is 6. The van der Waals surface area contributed by atoms with Gasteiger partial charge in [-0.3, -0.25) is 0 Å². The maximum atomic E-state index is 6.35. The van der Waals surface area contributed by atoms with Gasteiger partial charge in [0.1, 0.15) is 78.0 Å². The van der Waals surface area contributed by atoms with Crippen molar-refractivity contribution in [3.63, 3.8) is 0 Å². The van der Waals surface area contributed by atoms with Crippen LogP contribution in [-0.2, 0) is 0 Å². The smallest absolute Gasteiger partial charge is 0.246 e. The molecule has 12 aromatic heterocycles. The number of furan rings is 7. The lowest BCUT2D eigenvalue weighted by molar-refractivity contribution is 0.653. The summed E-state index contributed by atoms with van der Waals surface area (Å²) in [6, 6.07) is 141. The number of para-hydroxylation sites is 8. The molecule has 141 heavy (non-hydrogen) atoms. The van der Waals surface area contributed by atoms with Crippen LogP contribution >= 0.6 is 22.7 Å². The molecule has 19 aromatic carbocycles. The number of benzene rings is 19. The second kappa shape index (κ2) is 32.1. The third-order valence-corrected chi connectivity index (χ3v) is 29.9. The molecule has 0 atom stereocenters. The zero-order valence-corrected chi connectivity index (χ0v) is 76.4. The second-order valence-electron chi connectivity index (χ2n) is 35.7. The van der Waals surface area contributed by atoms with E-state index in [1.54, 1.807) is 0 Å². The molecule has 0 aliphatic heterocycles. The standard InChI is InChI=1S/C46H26N2O3.C40H22N2O3.C40H22N2OS2/c1-3-19-40-34(13-1)36-17-7-15-32(44(36)49-40)29-10-5-9-27(23-29)28-21-22-42-38(25-28)43-46(51-42)48-39(26-47-43)31-12-6-11-30(24-31)33-16-8-18-37-35-14-2-4-20-41(35)50-45(33)37;1-3-16-34-28(10-1)30-14-6-12-26(38(30)43-34)23-8-5-9-25(20-23)33-22-41-37-32-21-24(18-19-36(32)45-40(37)42-33)27-13-7-15-31-29-11-2-4-17-35(29)44-39(27)31;1-3-16-35-28(10-1)30-14-6-12-26(38(30)44-35)23-8-5-9-25(20-23)33-22-41-37-32-21-24(18-19-34(32)43-40(37)42-33)27-13-7-15-31-29-11-2-4-17-36(29)45-39(27)31/h1-26H;2*1-22H. The van der Waals surface area contributed by atoms with Crippen molar-refractivity contribution in [1.82, 2.24) is 29.9 Å². The van der Waals surface area contributed by atoms with E-state index >= 15 is 0 Å². The molecule has 0 aliphatic carbocycles. The summed E-state index contributed by atoms with van der Waals surface area (Å²) in [5.41, 5.74) is 33.7. The topological polar surface area (TPSA) is 169 Å². The van der Waals surface area contributed by atoms with Crippen LogP contribution in [0.3, 0.4) is 0 Å². The fourth-order valence-corrected chi connectivity index (χ4v) is 23.3. The Morgan fingerprint density at radius 3 is 0.766 bits per heavy atom. The van der Waals surface area contributed by atoms with Gasteiger partial charge in [0.25, 0.3) is 0 Å². The monoisotopic (exact) mass is 1840 g/mol. The lowest BCUT2D eigenvalue weighted by Gasteiger charge is -2.07. The first kappa shape index (κ1) is 79.8. The van der Waals surface area contributed by atoms with Gasteiger partial charge in [0, 0.05) is 139 Å². The van der Waals surface area contributed by atoms with Crippen LogP contribution in [0, 0.1) is 0 Å². The highest BCUT2D eigenvalue weighted by Gasteiger charge is 2.25. The zero-order chi connectivity index (χ0) is 92.4. The van der Waals surface area contributed by atoms with Crippen LogP contribution < -0.4 is 0 Å². The Bertz CT molecular complexity index is 10200. The van der Waals surface area contributed by atoms with Crippen LogP contribution in [0.1, 0.15) is 0 Å². The number of fused-ring (bicyclic) bond motifs is 27. The van der Waals surface area contributed by atoms with E-state index < -0.39 is 0 Å². The Morgan fingerprint density at radius 1 is 0.163 bits per heavy atom. The Hall–Kier alpha value is -18.5. The molecule has 0 spiro atoms. The molecule has 0 saturated heterocycles. The highest BCUT2D eigenvalue weighted by atomic mass is 32.1. The SMILES string of the molecule is c1cc(-c2ccc3oc4nc(-c5cccc(-c6cccc7c6oc6ccccc67)c5)cnc4c3c2)cc(-c2cccc3c2oc2ccccc23)c1.c1cc(-c2cnc3c(n2)oc2ccc(-c4cccc5c4oc4ccccc45)cc23)cc(-c2cccc3c2oc2ccccc23)c1.c1cc(-c2cnc3c(n2)oc2ccc(-c4cccc5c4sc4ccccc45)cc23)cc(-c2cccc3c2sc2ccccc23)c1. The van der Waals surface area contributed by atoms with Crippen LogP contribution in [-0.4, -0.2) is 29.9 Å². The molecule has 31 aromatic rings. The Kier molecular flexibility index (Phi) is 18.1. The van der Waals surface area contributed by atoms with Crippen molar-refractivity contribution >= 4 is 217 Å². The largest absolute Gasteiger partial charge is 0.455 e. The van der Waals surface area contributed by atoms with Gasteiger partial charge in [-0.2, -0.15) is 0 Å². The highest BCUT2D eigenvalue weighted by Crippen LogP contribution is 2.48. The van der Waals surface area contributed by atoms with E-state index in [0.717, 1.165) is 238 Å². The van der Waals surface area contributed by atoms with Gasteiger partial charge < -0.3 is 30.9 Å². The summed E-state index contributed by atoms with van der Waals surface area (Å²) in [6.07, 6.45) is 5.53. The van der Waals surface area contributed by atoms with Gasteiger partial charge in [0.05, 0.1) is 35.7 Å². The molecule has 13 nitrogen and oxygen atoms in total. The molecule has 0 fully saturated rings. The fraction of sp³-hybridized carbons (Fsp3) is 0. The number of hydrogen-bond donors (Lipinski definition) is 0. The lowest BCUT2D eigenvalue weighted by Crippen LogP contribution is -1.88. The zero-order valence-electron chi connectivity index (χ0n) is 74.8. The van der Waals surface area contributed by atoms with Crippen molar-refractivity contribution in [2.45, 2.75) is 0 Å². The number of rotatable bonds is 10. The number of aromatic nitrogens is 6. The van der Waals surface area contributed by atoms with Crippen molar-refractivity contribution < 1.29 is 30.9 Å². The molecular formula is C126H70N6O7S2. The quantitative estimate of drug-likeness (QED) is 0.127. The molecule has 0 amide bonds. The maximum absolute atomic E-state index is 6.35. The molecule has 0 N–H and O–H groups in total. The van der Waals surface area contributed by atoms with Gasteiger partial charge in [-0.25, -0.2) is 29.9 Å². The van der Waals surface area contributed by atoms with E-state index in [2.05, 4.69) is 303 Å². The van der Waals surface area contributed by atoms with Gasteiger partial charge in [0.15, 0.2) is 0 Å². The first-order chi connectivity index (χ1) is 69.8. The summed E-state index contributed by atoms with van der Waals surface area (Å²) < 4.78 is 49.3. The molecule has 0 saturated carbocycles. The highest BCUT2D eigenvalue weighted by molar-refractivity contribution is 7.26. The summed E-state index contributed by atoms with van der Waals surface area (Å²) in [4.78, 5) is 29.5. The minimum Gasteiger partial charge on any atom is -0.455 e. The van der Waals surface area contributed by atoms with Crippen LogP contribution in [0.4, 0.5) is 0 Å². The van der Waals surface area contributed by atoms with Gasteiger partial charge in [-0.1, -0.05) is 309 Å². The normalized spacial score (nSPS) is 12.0. The molecule has 0 aliphatic rings. The molecule has 15 heteroatoms. The maximum Gasteiger partial charge on any atom is 0.246 e. The van der Waals surface area contributed by atoms with E-state index in [-0.39, 0.29) is 0 Å². The Morgan fingerprint density at radius 2 is 0.404 bits per heavy atom. The molecular weight excluding hydrogens is 1770 g/mol. The lowest BCUT2D eigenvalue weighted by atomic mass is 9.97. The summed E-state index contributed by atoms with van der Waals surface area (Å²) in [5, 5.41) is 16.9. The van der Waals surface area contributed by atoms with Crippen molar-refractivity contribution in [2.75, 3.05) is 0 Å². The Balaban J connectivity index is 0.000000102. The van der Waals surface area contributed by atoms with Gasteiger partial charge in [-0.05, 0) is 153 Å². The van der Waals surface area contributed by atoms with Crippen LogP contribution in [0.2, 0.25) is 0 Å². The second-order valence-corrected chi connectivity index (χ2v) is 37.8. The molecule has 658 valence electrons. The van der Waals surface area contributed by atoms with Gasteiger partial charge >= 0.3 is 0 Å². The predicted octanol–water partition coefficient (Wildman–Crippen LogP) is 36.1. The average molecular weight is 1840 g/mol. The van der Waals surface area contributed by atoms with Crippen molar-refractivity contribution in [1.29, 1.82) is 0 Å². The predicted molar refractivity (Wildman–Crippen MR) is 577 cm³/mol. The molecule has 12 heterocycles. The first-order valence-corrected chi connectivity index (χ1v) is 48.4. The van der Waals surface area contributed by atoms with Crippen molar-refractivity contribution in [3.05, 3.63) is 425 Å². The summed E-state index contributed by atoms with van der Waals surface area (Å²) in [6.45, 7) is 0. The first-order valence-electron chi connectivity index (χ1n) is 46.8. The van der Waals surface area contributed by atoms with Gasteiger partial charge in [-0.15, -0.1) is 22.7 Å². The van der Waals surface area contributed by atoms with E-state index in [4.69, 9.17) is 60.8 Å². The van der Waals surface area contributed by atoms with E-state index in [1.807, 2.05) is 144 Å². The Labute approximate surface area is 809 Å². The van der Waals surface area contributed by atoms with Crippen LogP contribution in [0.25, 0.3) is 306 Å².